The highest BCUT2D eigenvalue weighted by Gasteiger charge is 2.02. The lowest BCUT2D eigenvalue weighted by atomic mass is 10.2. The minimum absolute atomic E-state index is 0.159. The third-order valence-corrected chi connectivity index (χ3v) is 4.04. The fourth-order valence-corrected chi connectivity index (χ4v) is 2.46. The van der Waals surface area contributed by atoms with Crippen LogP contribution in [0.1, 0.15) is 31.2 Å². The summed E-state index contributed by atoms with van der Waals surface area (Å²) in [7, 11) is 0. The second-order valence-corrected chi connectivity index (χ2v) is 6.52. The van der Waals surface area contributed by atoms with Crippen LogP contribution in [0.3, 0.4) is 0 Å². The first-order chi connectivity index (χ1) is 14.2. The number of nitriles is 1. The quantitative estimate of drug-likeness (QED) is 0.137. The van der Waals surface area contributed by atoms with E-state index in [1.54, 1.807) is 36.7 Å². The van der Waals surface area contributed by atoms with E-state index in [1.165, 1.54) is 0 Å². The molecule has 0 bridgehead atoms. The molecule has 0 spiro atoms. The number of hydroxylamine groups is 1. The van der Waals surface area contributed by atoms with Crippen molar-refractivity contribution in [2.45, 2.75) is 32.3 Å². The number of hydrogen-bond donors (Lipinski definition) is 3. The number of nitrogens with zero attached hydrogens (tertiary/aromatic N) is 3. The Kier molecular flexibility index (Phi) is 10.0. The molecule has 0 saturated heterocycles. The molecule has 1 aromatic carbocycles. The van der Waals surface area contributed by atoms with Crippen molar-refractivity contribution in [1.82, 2.24) is 15.8 Å². The summed E-state index contributed by atoms with van der Waals surface area (Å²) in [6.45, 7) is 0.827. The second-order valence-electron chi connectivity index (χ2n) is 6.08. The molecule has 1 amide bonds. The Morgan fingerprint density at radius 2 is 1.90 bits per heavy atom. The van der Waals surface area contributed by atoms with Crippen molar-refractivity contribution in [3.05, 3.63) is 59.4 Å². The predicted octanol–water partition coefficient (Wildman–Crippen LogP) is 3.38. The molecule has 0 fully saturated rings. The first kappa shape index (κ1) is 22.1. The fraction of sp³-hybridized carbons (Fsp3) is 0.300. The van der Waals surface area contributed by atoms with Gasteiger partial charge < -0.3 is 5.32 Å². The molecule has 152 valence electrons. The third-order valence-electron chi connectivity index (χ3n) is 3.79. The Labute approximate surface area is 174 Å². The van der Waals surface area contributed by atoms with Crippen LogP contribution in [0, 0.1) is 11.5 Å². The number of carbonyl (C=O) groups excluding carboxylic acids is 1. The molecule has 0 radical (unpaired) electrons. The Morgan fingerprint density at radius 1 is 1.14 bits per heavy atom. The molecule has 0 aliphatic heterocycles. The minimum Gasteiger partial charge on any atom is -0.325 e. The molecule has 29 heavy (non-hydrogen) atoms. The molecule has 0 unspecified atom stereocenters. The highest BCUT2D eigenvalue weighted by atomic mass is 35.5. The molecular weight excluding hydrogens is 392 g/mol. The molecule has 0 aliphatic rings. The summed E-state index contributed by atoms with van der Waals surface area (Å²) in [6, 6.07) is 10.8. The lowest BCUT2D eigenvalue weighted by Gasteiger charge is -2.08. The highest BCUT2D eigenvalue weighted by Crippen LogP contribution is 2.10. The van der Waals surface area contributed by atoms with Crippen molar-refractivity contribution in [2.24, 2.45) is 4.99 Å². The zero-order chi connectivity index (χ0) is 20.7. The number of anilines is 1. The summed E-state index contributed by atoms with van der Waals surface area (Å²) in [4.78, 5) is 25.2. The molecule has 1 heterocycles. The summed E-state index contributed by atoms with van der Waals surface area (Å²) in [5.74, 6) is 0.223. The van der Waals surface area contributed by atoms with Gasteiger partial charge in [-0.1, -0.05) is 30.2 Å². The van der Waals surface area contributed by atoms with Gasteiger partial charge in [0, 0.05) is 36.1 Å². The van der Waals surface area contributed by atoms with E-state index in [-0.39, 0.29) is 12.5 Å². The zero-order valence-electron chi connectivity index (χ0n) is 15.9. The maximum atomic E-state index is 11.8. The van der Waals surface area contributed by atoms with Gasteiger partial charge in [0.05, 0.1) is 6.61 Å². The van der Waals surface area contributed by atoms with Gasteiger partial charge in [0.25, 0.3) is 0 Å². The van der Waals surface area contributed by atoms with E-state index in [4.69, 9.17) is 21.7 Å². The van der Waals surface area contributed by atoms with Gasteiger partial charge in [0.15, 0.2) is 6.19 Å². The maximum Gasteiger partial charge on any atom is 0.243 e. The lowest BCUT2D eigenvalue weighted by molar-refractivity contribution is -0.134. The highest BCUT2D eigenvalue weighted by molar-refractivity contribution is 6.30. The van der Waals surface area contributed by atoms with E-state index in [9.17, 15) is 4.79 Å². The van der Waals surface area contributed by atoms with Crippen molar-refractivity contribution in [2.75, 3.05) is 11.9 Å². The van der Waals surface area contributed by atoms with E-state index >= 15 is 0 Å². The van der Waals surface area contributed by atoms with Crippen LogP contribution in [0.4, 0.5) is 5.69 Å². The largest absolute Gasteiger partial charge is 0.325 e. The van der Waals surface area contributed by atoms with E-state index in [0.29, 0.717) is 23.9 Å². The van der Waals surface area contributed by atoms with Crippen molar-refractivity contribution in [1.29, 1.82) is 5.26 Å². The average molecular weight is 415 g/mol. The number of guanidine groups is 1. The maximum absolute atomic E-state index is 11.8. The Balaban J connectivity index is 1.57. The van der Waals surface area contributed by atoms with Crippen LogP contribution < -0.4 is 16.1 Å². The zero-order valence-corrected chi connectivity index (χ0v) is 16.7. The van der Waals surface area contributed by atoms with Gasteiger partial charge >= 0.3 is 0 Å². The summed E-state index contributed by atoms with van der Waals surface area (Å²) in [5, 5.41) is 15.0. The number of pyridine rings is 1. The molecule has 2 aromatic rings. The number of rotatable bonds is 10. The van der Waals surface area contributed by atoms with Gasteiger partial charge in [-0.05, 0) is 42.7 Å². The molecule has 2 rings (SSSR count). The van der Waals surface area contributed by atoms with Gasteiger partial charge in [-0.3, -0.25) is 24.9 Å². The normalized spacial score (nSPS) is 10.8. The van der Waals surface area contributed by atoms with Crippen LogP contribution in [0.2, 0.25) is 5.02 Å². The molecule has 0 atom stereocenters. The van der Waals surface area contributed by atoms with Gasteiger partial charge in [-0.15, -0.1) is 0 Å². The SMILES string of the molecule is N#CNC(=NCCCCCC(=O)NOCc1ccc(Cl)cc1)Nc1ccncc1. The number of benzene rings is 1. The number of amides is 1. The monoisotopic (exact) mass is 414 g/mol. The van der Waals surface area contributed by atoms with Crippen LogP contribution in [0.5, 0.6) is 0 Å². The standard InChI is InChI=1S/C20H23ClN6O2/c21-17-7-5-16(6-8-17)14-29-27-19(28)4-2-1-3-11-24-20(25-15-22)26-18-9-12-23-13-10-18/h5-10,12-13H,1-4,11,14H2,(H,27,28)(H2,23,24,25,26). The Bertz CT molecular complexity index is 821. The number of aromatic nitrogens is 1. The second kappa shape index (κ2) is 13.1. The number of carbonyl (C=O) groups is 1. The van der Waals surface area contributed by atoms with Crippen LogP contribution in [-0.2, 0) is 16.2 Å². The molecule has 1 aromatic heterocycles. The first-order valence-corrected chi connectivity index (χ1v) is 9.57. The molecule has 0 saturated carbocycles. The van der Waals surface area contributed by atoms with Crippen molar-refractivity contribution in [3.63, 3.8) is 0 Å². The smallest absolute Gasteiger partial charge is 0.243 e. The number of nitrogens with one attached hydrogen (secondary N) is 3. The van der Waals surface area contributed by atoms with E-state index in [1.807, 2.05) is 18.3 Å². The van der Waals surface area contributed by atoms with Crippen molar-refractivity contribution < 1.29 is 9.63 Å². The number of aliphatic imine (C=N–C) groups is 1. The van der Waals surface area contributed by atoms with E-state index < -0.39 is 0 Å². The predicted molar refractivity (Wildman–Crippen MR) is 112 cm³/mol. The number of hydrogen-bond acceptors (Lipinski definition) is 5. The summed E-state index contributed by atoms with van der Waals surface area (Å²) in [5.41, 5.74) is 4.15. The van der Waals surface area contributed by atoms with Crippen LogP contribution in [0.15, 0.2) is 53.8 Å². The summed E-state index contributed by atoms with van der Waals surface area (Å²) in [6.07, 6.45) is 7.90. The van der Waals surface area contributed by atoms with Crippen LogP contribution in [0.25, 0.3) is 0 Å². The van der Waals surface area contributed by atoms with E-state index in [2.05, 4.69) is 26.1 Å². The van der Waals surface area contributed by atoms with Crippen LogP contribution >= 0.6 is 11.6 Å². The topological polar surface area (TPSA) is 111 Å². The van der Waals surface area contributed by atoms with Gasteiger partial charge in [0.2, 0.25) is 11.9 Å². The molecule has 8 nitrogen and oxygen atoms in total. The number of halogens is 1. The van der Waals surface area contributed by atoms with Gasteiger partial charge in [0.1, 0.15) is 0 Å². The molecular formula is C20H23ClN6O2. The fourth-order valence-electron chi connectivity index (χ4n) is 2.33. The first-order valence-electron chi connectivity index (χ1n) is 9.19. The Morgan fingerprint density at radius 3 is 2.62 bits per heavy atom. The van der Waals surface area contributed by atoms with E-state index in [0.717, 1.165) is 30.5 Å². The van der Waals surface area contributed by atoms with Gasteiger partial charge in [-0.25, -0.2) is 5.48 Å². The summed E-state index contributed by atoms with van der Waals surface area (Å²) >= 11 is 5.82. The molecule has 0 aliphatic carbocycles. The van der Waals surface area contributed by atoms with Gasteiger partial charge in [-0.2, -0.15) is 5.26 Å². The Hall–Kier alpha value is -3.15. The molecule has 9 heteroatoms. The van der Waals surface area contributed by atoms with Crippen molar-refractivity contribution >= 4 is 29.2 Å². The third kappa shape index (κ3) is 9.55. The minimum atomic E-state index is -0.159. The molecule has 3 N–H and O–H groups in total. The average Bonchev–Trinajstić information content (AvgIpc) is 2.73. The number of unbranched alkanes of at least 4 members (excludes halogenated alkanes) is 2. The lowest BCUT2D eigenvalue weighted by Crippen LogP contribution is -2.27. The van der Waals surface area contributed by atoms with Crippen LogP contribution in [-0.4, -0.2) is 23.4 Å². The summed E-state index contributed by atoms with van der Waals surface area (Å²) < 4.78 is 0. The van der Waals surface area contributed by atoms with Crippen molar-refractivity contribution in [3.8, 4) is 6.19 Å².